The average Bonchev–Trinajstić information content (AvgIpc) is 2.67. The smallest absolute Gasteiger partial charge is 0.344 e. The first kappa shape index (κ1) is 19.9. The molecule has 2 rings (SSSR count). The topological polar surface area (TPSA) is 104 Å². The zero-order chi connectivity index (χ0) is 19.6. The Bertz CT molecular complexity index is 804. The van der Waals surface area contributed by atoms with E-state index in [9.17, 15) is 14.4 Å². The van der Waals surface area contributed by atoms with Gasteiger partial charge < -0.3 is 19.5 Å². The Morgan fingerprint density at radius 3 is 2.37 bits per heavy atom. The van der Waals surface area contributed by atoms with Gasteiger partial charge in [-0.25, -0.2) is 14.6 Å². The van der Waals surface area contributed by atoms with Crippen molar-refractivity contribution in [1.82, 2.24) is 4.98 Å². The quantitative estimate of drug-likeness (QED) is 0.710. The second-order valence-electron chi connectivity index (χ2n) is 5.21. The molecule has 0 spiro atoms. The number of aromatic nitrogens is 1. The molecular formula is C19H20N2O6. The number of pyridine rings is 1. The van der Waals surface area contributed by atoms with Gasteiger partial charge in [-0.15, -0.1) is 0 Å². The molecule has 0 saturated carbocycles. The van der Waals surface area contributed by atoms with Gasteiger partial charge in [0.05, 0.1) is 18.8 Å². The van der Waals surface area contributed by atoms with Crippen LogP contribution in [0.5, 0.6) is 5.88 Å². The summed E-state index contributed by atoms with van der Waals surface area (Å²) in [6, 6.07) is 9.25. The van der Waals surface area contributed by atoms with Gasteiger partial charge in [0.15, 0.2) is 6.61 Å². The third-order valence-electron chi connectivity index (χ3n) is 3.29. The van der Waals surface area contributed by atoms with E-state index in [0.29, 0.717) is 17.9 Å². The monoisotopic (exact) mass is 372 g/mol. The van der Waals surface area contributed by atoms with Gasteiger partial charge in [-0.2, -0.15) is 0 Å². The summed E-state index contributed by atoms with van der Waals surface area (Å²) in [7, 11) is 0. The maximum atomic E-state index is 12.1. The predicted molar refractivity (Wildman–Crippen MR) is 96.7 cm³/mol. The number of hydrogen-bond donors (Lipinski definition) is 1. The number of amides is 1. The van der Waals surface area contributed by atoms with Crippen molar-refractivity contribution in [3.63, 3.8) is 0 Å². The molecule has 0 aliphatic rings. The summed E-state index contributed by atoms with van der Waals surface area (Å²) in [5.74, 6) is -1.51. The van der Waals surface area contributed by atoms with Gasteiger partial charge in [-0.05, 0) is 50.2 Å². The van der Waals surface area contributed by atoms with Gasteiger partial charge in [-0.1, -0.05) is 0 Å². The minimum atomic E-state index is -0.709. The van der Waals surface area contributed by atoms with E-state index in [1.54, 1.807) is 32.0 Å². The molecule has 27 heavy (non-hydrogen) atoms. The normalized spacial score (nSPS) is 10.0. The Labute approximate surface area is 156 Å². The molecule has 8 heteroatoms. The molecule has 1 heterocycles. The zero-order valence-corrected chi connectivity index (χ0v) is 15.1. The van der Waals surface area contributed by atoms with E-state index in [4.69, 9.17) is 14.2 Å². The van der Waals surface area contributed by atoms with Crippen LogP contribution in [0, 0.1) is 0 Å². The van der Waals surface area contributed by atoms with Crippen LogP contribution in [-0.4, -0.2) is 42.7 Å². The fourth-order valence-corrected chi connectivity index (χ4v) is 2.11. The highest BCUT2D eigenvalue weighted by atomic mass is 16.5. The first-order chi connectivity index (χ1) is 13.0. The van der Waals surface area contributed by atoms with Crippen LogP contribution in [0.4, 0.5) is 5.69 Å². The Kier molecular flexibility index (Phi) is 7.30. The van der Waals surface area contributed by atoms with Crippen molar-refractivity contribution in [2.24, 2.45) is 0 Å². The molecule has 2 aromatic rings. The van der Waals surface area contributed by atoms with Gasteiger partial charge in [0, 0.05) is 11.9 Å². The van der Waals surface area contributed by atoms with Gasteiger partial charge in [0.2, 0.25) is 5.88 Å². The molecule has 0 aliphatic carbocycles. The van der Waals surface area contributed by atoms with Crippen molar-refractivity contribution < 1.29 is 28.6 Å². The molecule has 8 nitrogen and oxygen atoms in total. The summed E-state index contributed by atoms with van der Waals surface area (Å²) < 4.78 is 15.1. The van der Waals surface area contributed by atoms with Crippen LogP contribution < -0.4 is 10.1 Å². The Morgan fingerprint density at radius 1 is 0.963 bits per heavy atom. The van der Waals surface area contributed by atoms with E-state index < -0.39 is 24.5 Å². The Morgan fingerprint density at radius 2 is 1.70 bits per heavy atom. The lowest BCUT2D eigenvalue weighted by Crippen LogP contribution is -2.21. The predicted octanol–water partition coefficient (Wildman–Crippen LogP) is 2.45. The minimum absolute atomic E-state index is 0.144. The van der Waals surface area contributed by atoms with Crippen molar-refractivity contribution in [1.29, 1.82) is 0 Å². The van der Waals surface area contributed by atoms with Crippen molar-refractivity contribution in [2.45, 2.75) is 13.8 Å². The SMILES string of the molecule is CCOC(=O)c1ccc(NC(=O)COC(=O)c2cccnc2OCC)cc1. The molecule has 0 saturated heterocycles. The molecule has 1 aromatic heterocycles. The molecule has 0 bridgehead atoms. The number of nitrogens with zero attached hydrogens (tertiary/aromatic N) is 1. The third kappa shape index (κ3) is 5.81. The van der Waals surface area contributed by atoms with Crippen LogP contribution >= 0.6 is 0 Å². The first-order valence-corrected chi connectivity index (χ1v) is 8.37. The van der Waals surface area contributed by atoms with Crippen LogP contribution in [0.25, 0.3) is 0 Å². The van der Waals surface area contributed by atoms with Crippen molar-refractivity contribution in [3.05, 3.63) is 53.7 Å². The fraction of sp³-hybridized carbons (Fsp3) is 0.263. The maximum absolute atomic E-state index is 12.1. The molecular weight excluding hydrogens is 352 g/mol. The lowest BCUT2D eigenvalue weighted by Gasteiger charge is -2.09. The van der Waals surface area contributed by atoms with E-state index in [-0.39, 0.29) is 18.1 Å². The second-order valence-corrected chi connectivity index (χ2v) is 5.21. The summed E-state index contributed by atoms with van der Waals surface area (Å²) in [4.78, 5) is 39.6. The molecule has 1 aromatic carbocycles. The first-order valence-electron chi connectivity index (χ1n) is 8.37. The molecule has 0 fully saturated rings. The van der Waals surface area contributed by atoms with Gasteiger partial charge in [0.1, 0.15) is 5.56 Å². The van der Waals surface area contributed by atoms with E-state index >= 15 is 0 Å². The number of rotatable bonds is 8. The number of nitrogens with one attached hydrogen (secondary N) is 1. The number of anilines is 1. The van der Waals surface area contributed by atoms with Crippen LogP contribution in [0.15, 0.2) is 42.6 Å². The van der Waals surface area contributed by atoms with Gasteiger partial charge in [0.25, 0.3) is 5.91 Å². The average molecular weight is 372 g/mol. The lowest BCUT2D eigenvalue weighted by molar-refractivity contribution is -0.119. The summed E-state index contributed by atoms with van der Waals surface area (Å²) in [6.45, 7) is 3.64. The minimum Gasteiger partial charge on any atom is -0.477 e. The number of carbonyl (C=O) groups is 3. The standard InChI is InChI=1S/C19H20N2O6/c1-3-25-17-15(6-5-11-20-17)19(24)27-12-16(22)21-14-9-7-13(8-10-14)18(23)26-4-2/h5-11H,3-4,12H2,1-2H3,(H,21,22). The molecule has 0 unspecified atom stereocenters. The summed E-state index contributed by atoms with van der Waals surface area (Å²) in [6.07, 6.45) is 1.49. The van der Waals surface area contributed by atoms with Crippen LogP contribution in [-0.2, 0) is 14.3 Å². The Balaban J connectivity index is 1.89. The van der Waals surface area contributed by atoms with E-state index in [1.807, 2.05) is 0 Å². The molecule has 0 radical (unpaired) electrons. The summed E-state index contributed by atoms with van der Waals surface area (Å²) in [5.41, 5.74) is 0.979. The highest BCUT2D eigenvalue weighted by molar-refractivity contribution is 5.97. The van der Waals surface area contributed by atoms with Crippen molar-refractivity contribution in [2.75, 3.05) is 25.1 Å². The molecule has 0 atom stereocenters. The van der Waals surface area contributed by atoms with Gasteiger partial charge in [-0.3, -0.25) is 4.79 Å². The third-order valence-corrected chi connectivity index (χ3v) is 3.29. The number of carbonyl (C=O) groups excluding carboxylic acids is 3. The number of esters is 2. The molecule has 1 amide bonds. The van der Waals surface area contributed by atoms with E-state index in [0.717, 1.165) is 0 Å². The number of ether oxygens (including phenoxy) is 3. The highest BCUT2D eigenvalue weighted by Gasteiger charge is 2.16. The second kappa shape index (κ2) is 9.91. The van der Waals surface area contributed by atoms with Gasteiger partial charge >= 0.3 is 11.9 Å². The molecule has 142 valence electrons. The summed E-state index contributed by atoms with van der Waals surface area (Å²) in [5, 5.41) is 2.57. The van der Waals surface area contributed by atoms with Crippen molar-refractivity contribution >= 4 is 23.5 Å². The van der Waals surface area contributed by atoms with Crippen LogP contribution in [0.3, 0.4) is 0 Å². The maximum Gasteiger partial charge on any atom is 0.344 e. The summed E-state index contributed by atoms with van der Waals surface area (Å²) >= 11 is 0. The van der Waals surface area contributed by atoms with Crippen molar-refractivity contribution in [3.8, 4) is 5.88 Å². The van der Waals surface area contributed by atoms with E-state index in [2.05, 4.69) is 10.3 Å². The highest BCUT2D eigenvalue weighted by Crippen LogP contribution is 2.15. The lowest BCUT2D eigenvalue weighted by atomic mass is 10.2. The zero-order valence-electron chi connectivity index (χ0n) is 15.1. The molecule has 0 aliphatic heterocycles. The van der Waals surface area contributed by atoms with Crippen LogP contribution in [0.2, 0.25) is 0 Å². The fourth-order valence-electron chi connectivity index (χ4n) is 2.11. The number of benzene rings is 1. The van der Waals surface area contributed by atoms with Crippen LogP contribution in [0.1, 0.15) is 34.6 Å². The largest absolute Gasteiger partial charge is 0.477 e. The Hall–Kier alpha value is -3.42. The van der Waals surface area contributed by atoms with E-state index in [1.165, 1.54) is 24.4 Å². The number of hydrogen-bond acceptors (Lipinski definition) is 7. The molecule has 1 N–H and O–H groups in total.